The summed E-state index contributed by atoms with van der Waals surface area (Å²) < 4.78 is 4.89. The van der Waals surface area contributed by atoms with E-state index in [1.165, 1.54) is 0 Å². The maximum absolute atomic E-state index is 10.6. The van der Waals surface area contributed by atoms with Gasteiger partial charge in [0.25, 0.3) is 0 Å². The quantitative estimate of drug-likeness (QED) is 0.486. The molecule has 2 aliphatic rings. The Bertz CT molecular complexity index is 197. The van der Waals surface area contributed by atoms with Crippen LogP contribution in [0.3, 0.4) is 0 Å². The zero-order valence-electron chi connectivity index (χ0n) is 5.05. The second-order valence-corrected chi connectivity index (χ2v) is 2.29. The lowest BCUT2D eigenvalue weighted by Gasteiger charge is -2.42. The predicted octanol–water partition coefficient (Wildman–Crippen LogP) is -0.355. The number of rotatable bonds is 1. The average molecular weight is 125 g/mol. The van der Waals surface area contributed by atoms with Crippen LogP contribution in [0, 0.1) is 5.92 Å². The van der Waals surface area contributed by atoms with E-state index in [2.05, 4.69) is 5.32 Å². The highest BCUT2D eigenvalue weighted by molar-refractivity contribution is 5.91. The highest BCUT2D eigenvalue weighted by Crippen LogP contribution is 2.34. The van der Waals surface area contributed by atoms with E-state index in [0.717, 1.165) is 5.76 Å². The maximum Gasteiger partial charge on any atom is 0.233 e. The van der Waals surface area contributed by atoms with Gasteiger partial charge in [0, 0.05) is 0 Å². The van der Waals surface area contributed by atoms with Gasteiger partial charge >= 0.3 is 0 Å². The molecule has 1 N–H and O–H groups in total. The van der Waals surface area contributed by atoms with Gasteiger partial charge in [-0.2, -0.15) is 0 Å². The van der Waals surface area contributed by atoms with Gasteiger partial charge in [-0.3, -0.25) is 4.79 Å². The van der Waals surface area contributed by atoms with Gasteiger partial charge in [-0.25, -0.2) is 0 Å². The van der Waals surface area contributed by atoms with Crippen molar-refractivity contribution in [1.82, 2.24) is 5.32 Å². The van der Waals surface area contributed by atoms with E-state index in [1.54, 1.807) is 7.11 Å². The summed E-state index contributed by atoms with van der Waals surface area (Å²) in [5.74, 6) is 0.970. The van der Waals surface area contributed by atoms with Crippen LogP contribution in [0.2, 0.25) is 0 Å². The first kappa shape index (κ1) is 4.85. The molecule has 0 saturated carbocycles. The lowest BCUT2D eigenvalue weighted by atomic mass is 9.79. The van der Waals surface area contributed by atoms with Crippen LogP contribution in [-0.4, -0.2) is 19.1 Å². The first-order chi connectivity index (χ1) is 4.33. The Morgan fingerprint density at radius 2 is 2.56 bits per heavy atom. The molecule has 1 aliphatic heterocycles. The molecule has 2 rings (SSSR count). The molecule has 3 nitrogen and oxygen atoms in total. The lowest BCUT2D eigenvalue weighted by Crippen LogP contribution is -2.63. The van der Waals surface area contributed by atoms with E-state index in [9.17, 15) is 4.79 Å². The molecule has 1 fully saturated rings. The summed E-state index contributed by atoms with van der Waals surface area (Å²) in [4.78, 5) is 10.6. The molecule has 9 heavy (non-hydrogen) atoms. The van der Waals surface area contributed by atoms with E-state index in [0.29, 0.717) is 0 Å². The van der Waals surface area contributed by atoms with Crippen LogP contribution >= 0.6 is 0 Å². The number of carbonyl (C=O) groups is 1. The van der Waals surface area contributed by atoms with Crippen LogP contribution in [0.25, 0.3) is 0 Å². The number of nitrogens with one attached hydrogen (secondary N) is 1. The van der Waals surface area contributed by atoms with Gasteiger partial charge in [0.15, 0.2) is 0 Å². The van der Waals surface area contributed by atoms with Crippen molar-refractivity contribution in [3.05, 3.63) is 11.8 Å². The zero-order valence-corrected chi connectivity index (χ0v) is 5.05. The van der Waals surface area contributed by atoms with E-state index >= 15 is 0 Å². The number of fused-ring (bicyclic) bond motifs is 1. The van der Waals surface area contributed by atoms with E-state index in [4.69, 9.17) is 4.74 Å². The number of carbonyl (C=O) groups excluding carboxylic acids is 1. The molecule has 1 aliphatic carbocycles. The van der Waals surface area contributed by atoms with Crippen LogP contribution in [-0.2, 0) is 9.53 Å². The van der Waals surface area contributed by atoms with E-state index in [-0.39, 0.29) is 17.9 Å². The Morgan fingerprint density at radius 1 is 1.78 bits per heavy atom. The van der Waals surface area contributed by atoms with Gasteiger partial charge in [0.05, 0.1) is 13.2 Å². The molecule has 1 saturated heterocycles. The minimum absolute atomic E-state index is 0.0509. The van der Waals surface area contributed by atoms with Gasteiger partial charge in [0.1, 0.15) is 11.7 Å². The molecule has 0 aromatic heterocycles. The third kappa shape index (κ3) is 0.399. The summed E-state index contributed by atoms with van der Waals surface area (Å²) >= 11 is 0. The molecule has 3 heteroatoms. The highest BCUT2D eigenvalue weighted by atomic mass is 16.5. The molecule has 0 bridgehead atoms. The summed E-state index contributed by atoms with van der Waals surface area (Å²) in [6.45, 7) is 0. The predicted molar refractivity (Wildman–Crippen MR) is 30.5 cm³/mol. The van der Waals surface area contributed by atoms with Crippen molar-refractivity contribution in [3.8, 4) is 0 Å². The summed E-state index contributed by atoms with van der Waals surface area (Å²) in [6.07, 6.45) is 1.92. The molecule has 2 atom stereocenters. The van der Waals surface area contributed by atoms with Crippen LogP contribution < -0.4 is 5.32 Å². The fourth-order valence-corrected chi connectivity index (χ4v) is 1.21. The van der Waals surface area contributed by atoms with Crippen LogP contribution in [0.4, 0.5) is 0 Å². The molecule has 1 amide bonds. The average Bonchev–Trinajstić information content (AvgIpc) is 1.80. The van der Waals surface area contributed by atoms with Gasteiger partial charge < -0.3 is 10.1 Å². The molecule has 2 unspecified atom stereocenters. The van der Waals surface area contributed by atoms with Crippen molar-refractivity contribution in [3.63, 3.8) is 0 Å². The molecule has 48 valence electrons. The van der Waals surface area contributed by atoms with Crippen molar-refractivity contribution in [2.75, 3.05) is 7.11 Å². The first-order valence-electron chi connectivity index (χ1n) is 2.89. The Morgan fingerprint density at radius 3 is 2.89 bits per heavy atom. The van der Waals surface area contributed by atoms with Gasteiger partial charge in [-0.15, -0.1) is 0 Å². The maximum atomic E-state index is 10.6. The molecule has 0 aromatic rings. The summed E-state index contributed by atoms with van der Waals surface area (Å²) in [7, 11) is 1.59. The van der Waals surface area contributed by atoms with Gasteiger partial charge in [-0.1, -0.05) is 0 Å². The molecular weight excluding hydrogens is 118 g/mol. The van der Waals surface area contributed by atoms with Crippen molar-refractivity contribution < 1.29 is 9.53 Å². The number of ether oxygens (including phenoxy) is 1. The Labute approximate surface area is 52.7 Å². The summed E-state index contributed by atoms with van der Waals surface area (Å²) in [6, 6.07) is 0.285. The fourth-order valence-electron chi connectivity index (χ4n) is 1.21. The molecule has 1 heterocycles. The van der Waals surface area contributed by atoms with Crippen LogP contribution in [0.15, 0.2) is 11.8 Å². The standard InChI is InChI=1S/C6H7NO2/c1-9-4-2-3-5(4)6(8)7-3/h2-3,5H,1H3,(H,7,8). The molecular formula is C6H7NO2. The second-order valence-electron chi connectivity index (χ2n) is 2.29. The summed E-state index contributed by atoms with van der Waals surface area (Å²) in [5, 5.41) is 2.71. The normalized spacial score (nSPS) is 37.0. The number of β-lactam (4-membered cyclic amide) rings is 1. The third-order valence-electron chi connectivity index (χ3n) is 1.84. The second kappa shape index (κ2) is 1.29. The van der Waals surface area contributed by atoms with Crippen LogP contribution in [0.5, 0.6) is 0 Å². The number of hydrogen-bond donors (Lipinski definition) is 1. The Kier molecular flexibility index (Phi) is 0.695. The molecule has 0 aromatic carbocycles. The molecule has 0 spiro atoms. The van der Waals surface area contributed by atoms with Crippen molar-refractivity contribution >= 4 is 5.91 Å². The smallest absolute Gasteiger partial charge is 0.233 e. The monoisotopic (exact) mass is 125 g/mol. The lowest BCUT2D eigenvalue weighted by molar-refractivity contribution is -0.135. The van der Waals surface area contributed by atoms with E-state index in [1.807, 2.05) is 6.08 Å². The van der Waals surface area contributed by atoms with Crippen molar-refractivity contribution in [2.45, 2.75) is 6.04 Å². The van der Waals surface area contributed by atoms with Crippen molar-refractivity contribution in [1.29, 1.82) is 0 Å². The fraction of sp³-hybridized carbons (Fsp3) is 0.500. The summed E-state index contributed by atoms with van der Waals surface area (Å²) in [5.41, 5.74) is 0. The topological polar surface area (TPSA) is 38.3 Å². The number of amides is 1. The van der Waals surface area contributed by atoms with E-state index < -0.39 is 0 Å². The number of methoxy groups -OCH3 is 1. The minimum Gasteiger partial charge on any atom is -0.500 e. The van der Waals surface area contributed by atoms with Crippen LogP contribution in [0.1, 0.15) is 0 Å². The van der Waals surface area contributed by atoms with Gasteiger partial charge in [-0.05, 0) is 6.08 Å². The minimum atomic E-state index is 0.0509. The van der Waals surface area contributed by atoms with Gasteiger partial charge in [0.2, 0.25) is 5.91 Å². The Hall–Kier alpha value is -0.990. The highest BCUT2D eigenvalue weighted by Gasteiger charge is 2.48. The third-order valence-corrected chi connectivity index (χ3v) is 1.84. The zero-order chi connectivity index (χ0) is 6.43. The SMILES string of the molecule is COC1=CC2NC(=O)C12. The Balaban J connectivity index is 2.16. The largest absolute Gasteiger partial charge is 0.500 e. The number of hydrogen-bond acceptors (Lipinski definition) is 2. The molecule has 0 radical (unpaired) electrons. The van der Waals surface area contributed by atoms with Crippen molar-refractivity contribution in [2.24, 2.45) is 5.92 Å². The first-order valence-corrected chi connectivity index (χ1v) is 2.89.